The van der Waals surface area contributed by atoms with Crippen LogP contribution in [0.4, 0.5) is 4.79 Å². The summed E-state index contributed by atoms with van der Waals surface area (Å²) in [6.07, 6.45) is 3.55. The van der Waals surface area contributed by atoms with Crippen LogP contribution in [0.15, 0.2) is 35.2 Å². The first-order valence-electron chi connectivity index (χ1n) is 4.80. The molecule has 92 valence electrons. The maximum atomic E-state index is 11.9. The summed E-state index contributed by atoms with van der Waals surface area (Å²) in [4.78, 5) is 46.1. The van der Waals surface area contributed by atoms with Crippen molar-refractivity contribution in [3.05, 3.63) is 35.2 Å². The van der Waals surface area contributed by atoms with Gasteiger partial charge in [0.15, 0.2) is 0 Å². The Bertz CT molecular complexity index is 585. The van der Waals surface area contributed by atoms with E-state index in [0.717, 1.165) is 6.20 Å². The van der Waals surface area contributed by atoms with Crippen LogP contribution in [-0.4, -0.2) is 28.7 Å². The van der Waals surface area contributed by atoms with Crippen molar-refractivity contribution >= 4 is 23.8 Å². The molecule has 0 saturated heterocycles. The number of rotatable bonds is 1. The van der Waals surface area contributed by atoms with E-state index in [2.05, 4.69) is 5.32 Å². The summed E-state index contributed by atoms with van der Waals surface area (Å²) in [5, 5.41) is 2.33. The summed E-state index contributed by atoms with van der Waals surface area (Å²) < 4.78 is 0. The highest BCUT2D eigenvalue weighted by Gasteiger charge is 2.37. The lowest BCUT2D eigenvalue weighted by molar-refractivity contribution is -0.122. The number of nitrogens with two attached hydrogens (primary N) is 2. The highest BCUT2D eigenvalue weighted by atomic mass is 16.2. The Morgan fingerprint density at radius 1 is 1.22 bits per heavy atom. The van der Waals surface area contributed by atoms with Crippen molar-refractivity contribution in [3.8, 4) is 0 Å². The number of nitrogens with zero attached hydrogens (tertiary/aromatic N) is 1. The summed E-state index contributed by atoms with van der Waals surface area (Å²) in [6, 6.07) is -1.06. The van der Waals surface area contributed by atoms with E-state index in [4.69, 9.17) is 11.5 Å². The van der Waals surface area contributed by atoms with Gasteiger partial charge in [-0.05, 0) is 6.08 Å². The molecule has 8 nitrogen and oxygen atoms in total. The maximum absolute atomic E-state index is 11.9. The topological polar surface area (TPSA) is 136 Å². The van der Waals surface area contributed by atoms with Crippen molar-refractivity contribution in [2.45, 2.75) is 0 Å². The van der Waals surface area contributed by atoms with Crippen LogP contribution in [-0.2, 0) is 14.4 Å². The monoisotopic (exact) mass is 248 g/mol. The highest BCUT2D eigenvalue weighted by Crippen LogP contribution is 2.27. The van der Waals surface area contributed by atoms with Gasteiger partial charge in [-0.15, -0.1) is 0 Å². The SMILES string of the molecule is NC(=O)C1=CN(C(N)=O)C(=O)C1=C1C=CNC1=O. The van der Waals surface area contributed by atoms with Gasteiger partial charge in [0.05, 0.1) is 16.7 Å². The van der Waals surface area contributed by atoms with E-state index in [-0.39, 0.29) is 16.7 Å². The summed E-state index contributed by atoms with van der Waals surface area (Å²) in [7, 11) is 0. The molecular weight excluding hydrogens is 240 g/mol. The third-order valence-electron chi connectivity index (χ3n) is 2.44. The summed E-state index contributed by atoms with van der Waals surface area (Å²) >= 11 is 0. The van der Waals surface area contributed by atoms with Crippen LogP contribution in [0.5, 0.6) is 0 Å². The minimum atomic E-state index is -1.06. The summed E-state index contributed by atoms with van der Waals surface area (Å²) in [5.74, 6) is -2.34. The minimum absolute atomic E-state index is 0.0335. The number of hydrogen-bond donors (Lipinski definition) is 3. The zero-order chi connectivity index (χ0) is 13.4. The van der Waals surface area contributed by atoms with Crippen molar-refractivity contribution in [2.75, 3.05) is 0 Å². The molecule has 0 aliphatic carbocycles. The number of amides is 5. The summed E-state index contributed by atoms with van der Waals surface area (Å²) in [5.41, 5.74) is 9.58. The number of carbonyl (C=O) groups is 4. The lowest BCUT2D eigenvalue weighted by atomic mass is 10.0. The van der Waals surface area contributed by atoms with Crippen molar-refractivity contribution in [3.63, 3.8) is 0 Å². The molecule has 0 aromatic rings. The minimum Gasteiger partial charge on any atom is -0.366 e. The third kappa shape index (κ3) is 1.56. The Balaban J connectivity index is 2.60. The van der Waals surface area contributed by atoms with Gasteiger partial charge in [0, 0.05) is 12.4 Å². The van der Waals surface area contributed by atoms with Crippen molar-refractivity contribution < 1.29 is 19.2 Å². The smallest absolute Gasteiger partial charge is 0.325 e. The van der Waals surface area contributed by atoms with Gasteiger partial charge in [-0.25, -0.2) is 9.69 Å². The van der Waals surface area contributed by atoms with Crippen LogP contribution in [0, 0.1) is 0 Å². The zero-order valence-electron chi connectivity index (χ0n) is 8.97. The molecule has 0 saturated carbocycles. The number of imide groups is 1. The number of carbonyl (C=O) groups excluding carboxylic acids is 4. The average Bonchev–Trinajstić information content (AvgIpc) is 2.82. The molecular formula is C10H8N4O4. The zero-order valence-corrected chi connectivity index (χ0v) is 8.97. The van der Waals surface area contributed by atoms with Crippen molar-refractivity contribution in [1.82, 2.24) is 10.2 Å². The molecule has 5 amide bonds. The Labute approximate surface area is 101 Å². The van der Waals surface area contributed by atoms with Gasteiger partial charge in [0.25, 0.3) is 17.7 Å². The van der Waals surface area contributed by atoms with Crippen LogP contribution >= 0.6 is 0 Å². The maximum Gasteiger partial charge on any atom is 0.325 e. The van der Waals surface area contributed by atoms with Crippen LogP contribution in [0.2, 0.25) is 0 Å². The first-order chi connectivity index (χ1) is 8.43. The molecule has 2 heterocycles. The van der Waals surface area contributed by atoms with Gasteiger partial charge >= 0.3 is 6.03 Å². The van der Waals surface area contributed by atoms with E-state index in [1.165, 1.54) is 12.3 Å². The van der Waals surface area contributed by atoms with E-state index in [0.29, 0.717) is 4.90 Å². The Hall–Kier alpha value is -2.90. The van der Waals surface area contributed by atoms with E-state index < -0.39 is 23.8 Å². The Morgan fingerprint density at radius 2 is 1.89 bits per heavy atom. The fourth-order valence-corrected chi connectivity index (χ4v) is 1.65. The highest BCUT2D eigenvalue weighted by molar-refractivity contribution is 6.22. The van der Waals surface area contributed by atoms with Gasteiger partial charge in [-0.1, -0.05) is 0 Å². The number of hydrogen-bond acceptors (Lipinski definition) is 4. The first kappa shape index (κ1) is 11.6. The fourth-order valence-electron chi connectivity index (χ4n) is 1.65. The second-order valence-corrected chi connectivity index (χ2v) is 3.52. The predicted molar refractivity (Wildman–Crippen MR) is 58.0 cm³/mol. The van der Waals surface area contributed by atoms with E-state index in [1.807, 2.05) is 0 Å². The molecule has 0 atom stereocenters. The molecule has 0 fully saturated rings. The predicted octanol–water partition coefficient (Wildman–Crippen LogP) is -1.78. The van der Waals surface area contributed by atoms with Crippen LogP contribution in [0.3, 0.4) is 0 Å². The second-order valence-electron chi connectivity index (χ2n) is 3.52. The molecule has 0 spiro atoms. The molecule has 0 bridgehead atoms. The average molecular weight is 248 g/mol. The molecule has 18 heavy (non-hydrogen) atoms. The Kier molecular flexibility index (Phi) is 2.47. The molecule has 2 rings (SSSR count). The molecule has 2 aliphatic rings. The third-order valence-corrected chi connectivity index (χ3v) is 2.44. The van der Waals surface area contributed by atoms with Crippen molar-refractivity contribution in [1.29, 1.82) is 0 Å². The first-order valence-corrected chi connectivity index (χ1v) is 4.80. The number of nitrogens with one attached hydrogen (secondary N) is 1. The summed E-state index contributed by atoms with van der Waals surface area (Å²) in [6.45, 7) is 0. The van der Waals surface area contributed by atoms with Gasteiger partial charge in [-0.3, -0.25) is 14.4 Å². The van der Waals surface area contributed by atoms with E-state index in [9.17, 15) is 19.2 Å². The lowest BCUT2D eigenvalue weighted by Gasteiger charge is -2.07. The van der Waals surface area contributed by atoms with E-state index >= 15 is 0 Å². The molecule has 5 N–H and O–H groups in total. The molecule has 2 aliphatic heterocycles. The molecule has 0 aromatic heterocycles. The Morgan fingerprint density at radius 3 is 2.33 bits per heavy atom. The van der Waals surface area contributed by atoms with Crippen molar-refractivity contribution in [2.24, 2.45) is 11.5 Å². The molecule has 0 aromatic carbocycles. The number of primary amides is 2. The molecule has 0 unspecified atom stereocenters. The second kappa shape index (κ2) is 3.84. The van der Waals surface area contributed by atoms with Gasteiger partial charge < -0.3 is 16.8 Å². The van der Waals surface area contributed by atoms with Gasteiger partial charge in [-0.2, -0.15) is 0 Å². The largest absolute Gasteiger partial charge is 0.366 e. The van der Waals surface area contributed by atoms with Crippen LogP contribution in [0.1, 0.15) is 0 Å². The van der Waals surface area contributed by atoms with Crippen LogP contribution in [0.25, 0.3) is 0 Å². The number of urea groups is 1. The fraction of sp³-hybridized carbons (Fsp3) is 0. The quantitative estimate of drug-likeness (QED) is 0.472. The van der Waals surface area contributed by atoms with Gasteiger partial charge in [0.2, 0.25) is 0 Å². The van der Waals surface area contributed by atoms with E-state index in [1.54, 1.807) is 0 Å². The lowest BCUT2D eigenvalue weighted by Crippen LogP contribution is -2.34. The molecule has 8 heteroatoms. The normalized spacial score (nSPS) is 22.2. The standard InChI is InChI=1S/C10H8N4O4/c11-7(15)5-3-14(10(12)18)9(17)6(5)4-1-2-13-8(4)16/h1-3H,(H2,11,15)(H2,12,18)(H,13,16). The van der Waals surface area contributed by atoms with Crippen LogP contribution < -0.4 is 16.8 Å². The van der Waals surface area contributed by atoms with Gasteiger partial charge in [0.1, 0.15) is 0 Å². The molecule has 0 radical (unpaired) electrons.